The topological polar surface area (TPSA) is 66.6 Å². The standard InChI is InChI=1S/C12H24N2O2/c1-3-4-11(12(15)16)14-6-5-9(2)10(7-13)8-14/h9-11H,3-8,13H2,1-2H3,(H,15,16). The Morgan fingerprint density at radius 3 is 2.81 bits per heavy atom. The largest absolute Gasteiger partial charge is 0.480 e. The number of nitrogens with zero attached hydrogens (tertiary/aromatic N) is 1. The van der Waals surface area contributed by atoms with Crippen molar-refractivity contribution in [2.24, 2.45) is 17.6 Å². The zero-order valence-electron chi connectivity index (χ0n) is 10.4. The van der Waals surface area contributed by atoms with Gasteiger partial charge >= 0.3 is 5.97 Å². The van der Waals surface area contributed by atoms with Gasteiger partial charge in [-0.15, -0.1) is 0 Å². The van der Waals surface area contributed by atoms with Crippen molar-refractivity contribution in [3.63, 3.8) is 0 Å². The Morgan fingerprint density at radius 2 is 2.31 bits per heavy atom. The number of nitrogens with two attached hydrogens (primary N) is 1. The summed E-state index contributed by atoms with van der Waals surface area (Å²) in [5, 5.41) is 9.21. The van der Waals surface area contributed by atoms with E-state index in [1.807, 2.05) is 6.92 Å². The van der Waals surface area contributed by atoms with E-state index in [-0.39, 0.29) is 6.04 Å². The number of carboxylic acids is 1. The molecule has 3 N–H and O–H groups in total. The van der Waals surface area contributed by atoms with Gasteiger partial charge < -0.3 is 10.8 Å². The lowest BCUT2D eigenvalue weighted by atomic mass is 9.86. The van der Waals surface area contributed by atoms with Crippen LogP contribution in [0.25, 0.3) is 0 Å². The van der Waals surface area contributed by atoms with Crippen molar-refractivity contribution >= 4 is 5.97 Å². The van der Waals surface area contributed by atoms with Crippen LogP contribution in [0, 0.1) is 11.8 Å². The first kappa shape index (κ1) is 13.5. The smallest absolute Gasteiger partial charge is 0.320 e. The molecule has 0 saturated carbocycles. The minimum atomic E-state index is -0.688. The summed E-state index contributed by atoms with van der Waals surface area (Å²) in [6.07, 6.45) is 2.71. The molecule has 1 aliphatic heterocycles. The van der Waals surface area contributed by atoms with Crippen molar-refractivity contribution in [3.05, 3.63) is 0 Å². The molecule has 1 rings (SSSR count). The summed E-state index contributed by atoms with van der Waals surface area (Å²) in [6.45, 7) is 6.65. The highest BCUT2D eigenvalue weighted by molar-refractivity contribution is 5.73. The maximum absolute atomic E-state index is 11.2. The first-order valence-corrected chi connectivity index (χ1v) is 6.27. The van der Waals surface area contributed by atoms with Gasteiger partial charge in [-0.05, 0) is 37.8 Å². The molecule has 1 aliphatic rings. The van der Waals surface area contributed by atoms with Crippen molar-refractivity contribution in [1.29, 1.82) is 0 Å². The SMILES string of the molecule is CCCC(C(=O)O)N1CCC(C)C(CN)C1. The molecule has 0 amide bonds. The third kappa shape index (κ3) is 3.19. The number of hydrogen-bond donors (Lipinski definition) is 2. The highest BCUT2D eigenvalue weighted by atomic mass is 16.4. The first-order chi connectivity index (χ1) is 7.60. The Balaban J connectivity index is 2.61. The number of carbonyl (C=O) groups is 1. The van der Waals surface area contributed by atoms with Crippen molar-refractivity contribution in [2.45, 2.75) is 39.2 Å². The Labute approximate surface area is 97.8 Å². The van der Waals surface area contributed by atoms with Gasteiger partial charge in [0.15, 0.2) is 0 Å². The van der Waals surface area contributed by atoms with E-state index in [1.165, 1.54) is 0 Å². The second kappa shape index (κ2) is 6.21. The Bertz CT molecular complexity index is 233. The predicted molar refractivity (Wildman–Crippen MR) is 64.2 cm³/mol. The van der Waals surface area contributed by atoms with E-state index in [9.17, 15) is 9.90 Å². The molecule has 0 aromatic heterocycles. The molecule has 1 saturated heterocycles. The zero-order valence-corrected chi connectivity index (χ0v) is 10.4. The number of hydrogen-bond acceptors (Lipinski definition) is 3. The molecule has 0 bridgehead atoms. The zero-order chi connectivity index (χ0) is 12.1. The lowest BCUT2D eigenvalue weighted by Crippen LogP contribution is -2.50. The van der Waals surface area contributed by atoms with Crippen LogP contribution in [0.3, 0.4) is 0 Å². The van der Waals surface area contributed by atoms with Gasteiger partial charge in [0.05, 0.1) is 0 Å². The van der Waals surface area contributed by atoms with Crippen LogP contribution in [0.15, 0.2) is 0 Å². The number of rotatable bonds is 5. The molecule has 4 nitrogen and oxygen atoms in total. The summed E-state index contributed by atoms with van der Waals surface area (Å²) in [5.41, 5.74) is 5.73. The minimum absolute atomic E-state index is 0.313. The van der Waals surface area contributed by atoms with Crippen molar-refractivity contribution in [2.75, 3.05) is 19.6 Å². The Hall–Kier alpha value is -0.610. The van der Waals surface area contributed by atoms with Gasteiger partial charge in [-0.25, -0.2) is 0 Å². The van der Waals surface area contributed by atoms with E-state index >= 15 is 0 Å². The highest BCUT2D eigenvalue weighted by Crippen LogP contribution is 2.24. The van der Waals surface area contributed by atoms with Crippen LogP contribution < -0.4 is 5.73 Å². The van der Waals surface area contributed by atoms with Gasteiger partial charge in [-0.2, -0.15) is 0 Å². The predicted octanol–water partition coefficient (Wildman–Crippen LogP) is 1.16. The Morgan fingerprint density at radius 1 is 1.62 bits per heavy atom. The summed E-state index contributed by atoms with van der Waals surface area (Å²) >= 11 is 0. The number of aliphatic carboxylic acids is 1. The average molecular weight is 228 g/mol. The van der Waals surface area contributed by atoms with Crippen LogP contribution in [0.5, 0.6) is 0 Å². The van der Waals surface area contributed by atoms with Crippen LogP contribution in [0.4, 0.5) is 0 Å². The van der Waals surface area contributed by atoms with Crippen LogP contribution in [-0.2, 0) is 4.79 Å². The average Bonchev–Trinajstić information content (AvgIpc) is 2.26. The molecule has 0 aromatic carbocycles. The number of piperidine rings is 1. The van der Waals surface area contributed by atoms with Gasteiger partial charge in [0, 0.05) is 6.54 Å². The molecule has 3 unspecified atom stereocenters. The molecule has 1 fully saturated rings. The molecule has 0 radical (unpaired) electrons. The summed E-state index contributed by atoms with van der Waals surface area (Å²) < 4.78 is 0. The van der Waals surface area contributed by atoms with Gasteiger partial charge in [-0.1, -0.05) is 20.3 Å². The monoisotopic (exact) mass is 228 g/mol. The van der Waals surface area contributed by atoms with E-state index in [0.717, 1.165) is 32.4 Å². The summed E-state index contributed by atoms with van der Waals surface area (Å²) in [6, 6.07) is -0.313. The summed E-state index contributed by atoms with van der Waals surface area (Å²) in [7, 11) is 0. The fraction of sp³-hybridized carbons (Fsp3) is 0.917. The first-order valence-electron chi connectivity index (χ1n) is 6.27. The van der Waals surface area contributed by atoms with E-state index in [0.29, 0.717) is 18.4 Å². The molecule has 0 aromatic rings. The van der Waals surface area contributed by atoms with Crippen molar-refractivity contribution in [3.8, 4) is 0 Å². The lowest BCUT2D eigenvalue weighted by Gasteiger charge is -2.39. The van der Waals surface area contributed by atoms with Crippen LogP contribution in [0.2, 0.25) is 0 Å². The fourth-order valence-electron chi connectivity index (χ4n) is 2.50. The maximum atomic E-state index is 11.2. The molecular formula is C12H24N2O2. The molecular weight excluding hydrogens is 204 g/mol. The lowest BCUT2D eigenvalue weighted by molar-refractivity contribution is -0.144. The molecule has 0 spiro atoms. The van der Waals surface area contributed by atoms with E-state index in [4.69, 9.17) is 5.73 Å². The van der Waals surface area contributed by atoms with E-state index in [2.05, 4.69) is 11.8 Å². The molecule has 3 atom stereocenters. The molecule has 4 heteroatoms. The summed E-state index contributed by atoms with van der Waals surface area (Å²) in [5.74, 6) is 0.386. The van der Waals surface area contributed by atoms with Gasteiger partial charge in [0.25, 0.3) is 0 Å². The van der Waals surface area contributed by atoms with Crippen LogP contribution in [0.1, 0.15) is 33.1 Å². The van der Waals surface area contributed by atoms with Crippen molar-refractivity contribution < 1.29 is 9.90 Å². The second-order valence-corrected chi connectivity index (χ2v) is 4.90. The van der Waals surface area contributed by atoms with Crippen molar-refractivity contribution in [1.82, 2.24) is 4.90 Å². The van der Waals surface area contributed by atoms with Gasteiger partial charge in [0.1, 0.15) is 6.04 Å². The highest BCUT2D eigenvalue weighted by Gasteiger charge is 2.32. The number of likely N-dealkylation sites (tertiary alicyclic amines) is 1. The molecule has 0 aliphatic carbocycles. The molecule has 1 heterocycles. The number of carboxylic acid groups (broad SMARTS) is 1. The minimum Gasteiger partial charge on any atom is -0.480 e. The Kier molecular flexibility index (Phi) is 5.22. The quantitative estimate of drug-likeness (QED) is 0.741. The van der Waals surface area contributed by atoms with Gasteiger partial charge in [0.2, 0.25) is 0 Å². The molecule has 16 heavy (non-hydrogen) atoms. The second-order valence-electron chi connectivity index (χ2n) is 4.90. The van der Waals surface area contributed by atoms with Gasteiger partial charge in [-0.3, -0.25) is 9.69 Å². The third-order valence-corrected chi connectivity index (χ3v) is 3.74. The van der Waals surface area contributed by atoms with E-state index < -0.39 is 5.97 Å². The summed E-state index contributed by atoms with van der Waals surface area (Å²) in [4.78, 5) is 13.3. The fourth-order valence-corrected chi connectivity index (χ4v) is 2.50. The third-order valence-electron chi connectivity index (χ3n) is 3.74. The van der Waals surface area contributed by atoms with E-state index in [1.54, 1.807) is 0 Å². The van der Waals surface area contributed by atoms with Crippen LogP contribution in [-0.4, -0.2) is 41.7 Å². The maximum Gasteiger partial charge on any atom is 0.320 e. The normalized spacial score (nSPS) is 28.9. The van der Waals surface area contributed by atoms with Crippen LogP contribution >= 0.6 is 0 Å². The molecule has 94 valence electrons.